The Hall–Kier alpha value is -1.94. The van der Waals surface area contributed by atoms with Crippen molar-refractivity contribution >= 4 is 93.5 Å². The lowest BCUT2D eigenvalue weighted by Gasteiger charge is -2.44. The van der Waals surface area contributed by atoms with Gasteiger partial charge in [0.2, 0.25) is 0 Å². The second-order valence-corrected chi connectivity index (χ2v) is 14.8. The Balaban J connectivity index is 1.57. The Morgan fingerprint density at radius 1 is 0.609 bits per heavy atom. The SMILES string of the molecule is CC(C)C1(COC(=O)c2c(Cl)c(Cl)cc(Cl)c2OC(=O)C(=O)Oc2c(Cl)cc(Cl)c(Cl)c2C(=O)OCC2(C(C)C)CCC2)CCC1. The van der Waals surface area contributed by atoms with E-state index in [4.69, 9.17) is 88.6 Å². The fourth-order valence-corrected chi connectivity index (χ4v) is 7.03. The number of rotatable bonds is 10. The minimum Gasteiger partial charge on any atom is -0.461 e. The van der Waals surface area contributed by atoms with Crippen molar-refractivity contribution in [3.8, 4) is 11.5 Å². The molecule has 0 radical (unpaired) electrons. The van der Waals surface area contributed by atoms with E-state index in [9.17, 15) is 19.2 Å². The molecule has 2 aliphatic carbocycles. The summed E-state index contributed by atoms with van der Waals surface area (Å²) in [6.45, 7) is 8.33. The molecule has 2 fully saturated rings. The zero-order valence-electron chi connectivity index (χ0n) is 25.5. The molecule has 250 valence electrons. The monoisotopic (exact) mass is 754 g/mol. The minimum absolute atomic E-state index is 0.0897. The largest absolute Gasteiger partial charge is 0.461 e. The van der Waals surface area contributed by atoms with Crippen molar-refractivity contribution in [2.45, 2.75) is 66.2 Å². The highest BCUT2D eigenvalue weighted by atomic mass is 35.5. The Kier molecular flexibility index (Phi) is 11.8. The fourth-order valence-electron chi connectivity index (χ4n) is 5.59. The van der Waals surface area contributed by atoms with Crippen LogP contribution in [0.25, 0.3) is 0 Å². The van der Waals surface area contributed by atoms with Gasteiger partial charge in [0.25, 0.3) is 0 Å². The third-order valence-electron chi connectivity index (χ3n) is 9.35. The lowest BCUT2D eigenvalue weighted by Crippen LogP contribution is -2.40. The van der Waals surface area contributed by atoms with Gasteiger partial charge in [0, 0.05) is 10.8 Å². The quantitative estimate of drug-likeness (QED) is 0.102. The molecule has 0 bridgehead atoms. The second kappa shape index (κ2) is 14.7. The van der Waals surface area contributed by atoms with E-state index in [0.717, 1.165) is 50.7 Å². The first-order chi connectivity index (χ1) is 21.5. The maximum Gasteiger partial charge on any atom is 0.423 e. The van der Waals surface area contributed by atoms with Gasteiger partial charge in [-0.25, -0.2) is 19.2 Å². The van der Waals surface area contributed by atoms with Crippen LogP contribution in [0.15, 0.2) is 12.1 Å². The molecule has 0 aliphatic heterocycles. The molecule has 2 saturated carbocycles. The van der Waals surface area contributed by atoms with Gasteiger partial charge in [0.1, 0.15) is 11.1 Å². The van der Waals surface area contributed by atoms with Crippen molar-refractivity contribution in [3.05, 3.63) is 53.4 Å². The molecule has 46 heavy (non-hydrogen) atoms. The highest BCUT2D eigenvalue weighted by molar-refractivity contribution is 6.47. The number of esters is 4. The van der Waals surface area contributed by atoms with E-state index in [1.54, 1.807) is 0 Å². The van der Waals surface area contributed by atoms with E-state index in [1.807, 2.05) is 27.7 Å². The maximum atomic E-state index is 13.2. The molecule has 14 heteroatoms. The van der Waals surface area contributed by atoms with E-state index in [-0.39, 0.29) is 66.0 Å². The summed E-state index contributed by atoms with van der Waals surface area (Å²) in [6, 6.07) is 2.27. The number of hydrogen-bond donors (Lipinski definition) is 0. The van der Waals surface area contributed by atoms with E-state index in [0.29, 0.717) is 0 Å². The van der Waals surface area contributed by atoms with Crippen LogP contribution in [-0.2, 0) is 19.1 Å². The van der Waals surface area contributed by atoms with Gasteiger partial charge in [-0.15, -0.1) is 0 Å². The molecule has 8 nitrogen and oxygen atoms in total. The third-order valence-corrected chi connectivity index (χ3v) is 11.5. The molecular formula is C32H32Cl6O8. The number of halogens is 6. The van der Waals surface area contributed by atoms with Gasteiger partial charge in [0.15, 0.2) is 11.5 Å². The molecule has 0 heterocycles. The van der Waals surface area contributed by atoms with Crippen molar-refractivity contribution in [3.63, 3.8) is 0 Å². The van der Waals surface area contributed by atoms with Crippen LogP contribution >= 0.6 is 69.6 Å². The molecule has 0 amide bonds. The number of ether oxygens (including phenoxy) is 4. The van der Waals surface area contributed by atoms with Gasteiger partial charge in [-0.05, 0) is 49.7 Å². The molecule has 2 aromatic rings. The summed E-state index contributed by atoms with van der Waals surface area (Å²) in [4.78, 5) is 52.5. The lowest BCUT2D eigenvalue weighted by atomic mass is 9.62. The molecule has 4 rings (SSSR count). The molecule has 0 spiro atoms. The van der Waals surface area contributed by atoms with Crippen LogP contribution in [0.5, 0.6) is 11.5 Å². The summed E-state index contributed by atoms with van der Waals surface area (Å²) < 4.78 is 21.6. The van der Waals surface area contributed by atoms with Gasteiger partial charge >= 0.3 is 23.9 Å². The lowest BCUT2D eigenvalue weighted by molar-refractivity contribution is -0.156. The van der Waals surface area contributed by atoms with E-state index < -0.39 is 46.5 Å². The van der Waals surface area contributed by atoms with Crippen molar-refractivity contribution in [2.75, 3.05) is 13.2 Å². The Bertz CT molecular complexity index is 1450. The second-order valence-electron chi connectivity index (χ2n) is 12.4. The predicted octanol–water partition coefficient (Wildman–Crippen LogP) is 10.1. The Morgan fingerprint density at radius 2 is 0.935 bits per heavy atom. The van der Waals surface area contributed by atoms with Crippen LogP contribution in [0, 0.1) is 22.7 Å². The van der Waals surface area contributed by atoms with Crippen LogP contribution in [0.3, 0.4) is 0 Å². The average molecular weight is 757 g/mol. The number of carbonyl (C=O) groups is 4. The standard InChI is InChI=1S/C32H32Cl6O8/c1-15(2)31(7-5-8-31)13-43-27(39)21-23(37)17(33)11-19(35)25(21)45-29(41)30(42)46-26-20(36)12-18(34)24(38)22(26)28(40)44-14-32(16(3)4)9-6-10-32/h11-12,15-16H,5-10,13-14H2,1-4H3. The summed E-state index contributed by atoms with van der Waals surface area (Å²) in [5.74, 6) is -5.86. The van der Waals surface area contributed by atoms with E-state index in [1.165, 1.54) is 0 Å². The molecule has 2 aromatic carbocycles. The molecular weight excluding hydrogens is 725 g/mol. The molecule has 0 saturated heterocycles. The minimum atomic E-state index is -1.64. The topological polar surface area (TPSA) is 105 Å². The first-order valence-electron chi connectivity index (χ1n) is 14.7. The molecule has 2 aliphatic rings. The van der Waals surface area contributed by atoms with Crippen LogP contribution in [0.1, 0.15) is 86.9 Å². The number of hydrogen-bond acceptors (Lipinski definition) is 8. The number of carbonyl (C=O) groups excluding carboxylic acids is 4. The van der Waals surface area contributed by atoms with Gasteiger partial charge in [-0.2, -0.15) is 0 Å². The fraction of sp³-hybridized carbons (Fsp3) is 0.500. The molecule has 0 atom stereocenters. The van der Waals surface area contributed by atoms with Crippen molar-refractivity contribution in [1.29, 1.82) is 0 Å². The van der Waals surface area contributed by atoms with Crippen molar-refractivity contribution in [1.82, 2.24) is 0 Å². The first-order valence-corrected chi connectivity index (χ1v) is 16.9. The number of benzene rings is 2. The van der Waals surface area contributed by atoms with Crippen LogP contribution in [0.4, 0.5) is 0 Å². The van der Waals surface area contributed by atoms with Crippen LogP contribution < -0.4 is 9.47 Å². The molecule has 0 unspecified atom stereocenters. The third kappa shape index (κ3) is 7.37. The Morgan fingerprint density at radius 3 is 1.20 bits per heavy atom. The average Bonchev–Trinajstić information content (AvgIpc) is 2.92. The predicted molar refractivity (Wildman–Crippen MR) is 177 cm³/mol. The molecule has 0 N–H and O–H groups in total. The van der Waals surface area contributed by atoms with Gasteiger partial charge < -0.3 is 18.9 Å². The summed E-state index contributed by atoms with van der Waals surface area (Å²) in [6.07, 6.45) is 5.52. The summed E-state index contributed by atoms with van der Waals surface area (Å²) in [5.41, 5.74) is -1.30. The van der Waals surface area contributed by atoms with Gasteiger partial charge in [-0.3, -0.25) is 0 Å². The summed E-state index contributed by atoms with van der Waals surface area (Å²) >= 11 is 37.5. The van der Waals surface area contributed by atoms with E-state index in [2.05, 4.69) is 0 Å². The van der Waals surface area contributed by atoms with Crippen LogP contribution in [-0.4, -0.2) is 37.1 Å². The van der Waals surface area contributed by atoms with E-state index >= 15 is 0 Å². The molecule has 0 aromatic heterocycles. The van der Waals surface area contributed by atoms with Gasteiger partial charge in [-0.1, -0.05) is 110 Å². The van der Waals surface area contributed by atoms with Gasteiger partial charge in [0.05, 0.1) is 43.3 Å². The maximum absolute atomic E-state index is 13.2. The first kappa shape index (κ1) is 36.9. The van der Waals surface area contributed by atoms with Crippen LogP contribution in [0.2, 0.25) is 30.1 Å². The smallest absolute Gasteiger partial charge is 0.423 e. The zero-order chi connectivity index (χ0) is 34.1. The van der Waals surface area contributed by atoms with Crippen molar-refractivity contribution < 1.29 is 38.1 Å². The zero-order valence-corrected chi connectivity index (χ0v) is 30.0. The highest BCUT2D eigenvalue weighted by Gasteiger charge is 2.43. The van der Waals surface area contributed by atoms with Crippen molar-refractivity contribution in [2.24, 2.45) is 22.7 Å². The summed E-state index contributed by atoms with van der Waals surface area (Å²) in [7, 11) is 0. The normalized spacial score (nSPS) is 16.3. The highest BCUT2D eigenvalue weighted by Crippen LogP contribution is 2.49. The summed E-state index contributed by atoms with van der Waals surface area (Å²) in [5, 5.41) is -1.45. The Labute approximate surface area is 297 Å².